The van der Waals surface area contributed by atoms with Crippen molar-refractivity contribution in [1.82, 2.24) is 14.7 Å². The number of hydrogen-bond donors (Lipinski definition) is 2. The molecule has 3 aliphatic rings. The lowest BCUT2D eigenvalue weighted by Gasteiger charge is -2.49. The lowest BCUT2D eigenvalue weighted by Crippen LogP contribution is -2.65. The second-order valence-electron chi connectivity index (χ2n) is 12.0. The second kappa shape index (κ2) is 14.2. The van der Waals surface area contributed by atoms with E-state index in [0.717, 1.165) is 28.3 Å². The van der Waals surface area contributed by atoms with E-state index < -0.39 is 41.8 Å². The van der Waals surface area contributed by atoms with Gasteiger partial charge in [-0.3, -0.25) is 9.69 Å². The number of hydrogen-bond acceptors (Lipinski definition) is 5. The zero-order valence-electron chi connectivity index (χ0n) is 25.9. The molecule has 10 nitrogen and oxygen atoms in total. The van der Waals surface area contributed by atoms with Crippen LogP contribution in [0.15, 0.2) is 76.8 Å². The van der Waals surface area contributed by atoms with Crippen LogP contribution in [0.25, 0.3) is 5.57 Å². The number of ether oxygens (including phenoxy) is 2. The molecule has 2 atom stereocenters. The minimum Gasteiger partial charge on any atom is -0.490 e. The van der Waals surface area contributed by atoms with Crippen molar-refractivity contribution in [2.45, 2.75) is 43.8 Å². The quantitative estimate of drug-likeness (QED) is 0.223. The highest BCUT2D eigenvalue weighted by Gasteiger charge is 2.49. The van der Waals surface area contributed by atoms with Crippen molar-refractivity contribution in [2.75, 3.05) is 32.8 Å². The average molecular weight is 727 g/mol. The zero-order chi connectivity index (χ0) is 33.9. The third kappa shape index (κ3) is 7.25. The molecule has 252 valence electrons. The monoisotopic (exact) mass is 725 g/mol. The van der Waals surface area contributed by atoms with Crippen LogP contribution in [0.5, 0.6) is 11.5 Å². The van der Waals surface area contributed by atoms with Gasteiger partial charge in [0, 0.05) is 35.7 Å². The Balaban J connectivity index is 1.28. The van der Waals surface area contributed by atoms with Gasteiger partial charge in [0.05, 0.1) is 12.1 Å². The molecule has 2 aliphatic heterocycles. The molecule has 2 unspecified atom stereocenters. The van der Waals surface area contributed by atoms with Gasteiger partial charge in [-0.2, -0.15) is 0 Å². The second-order valence-corrected chi connectivity index (χ2v) is 12.9. The van der Waals surface area contributed by atoms with E-state index in [-0.39, 0.29) is 56.3 Å². The normalized spacial score (nSPS) is 18.8. The van der Waals surface area contributed by atoms with Crippen LogP contribution in [-0.2, 0) is 11.2 Å². The summed E-state index contributed by atoms with van der Waals surface area (Å²) in [4.78, 5) is 43.1. The Morgan fingerprint density at radius 3 is 2.12 bits per heavy atom. The van der Waals surface area contributed by atoms with E-state index in [1.807, 2.05) is 24.3 Å². The molecule has 1 saturated carbocycles. The van der Waals surface area contributed by atoms with E-state index in [1.54, 1.807) is 29.2 Å². The van der Waals surface area contributed by atoms with Crippen LogP contribution in [0.2, 0.25) is 0 Å². The summed E-state index contributed by atoms with van der Waals surface area (Å²) in [6.07, 6.45) is -0.830. The smallest absolute Gasteiger partial charge is 0.408 e. The molecule has 2 bridgehead atoms. The van der Waals surface area contributed by atoms with E-state index >= 15 is 0 Å². The molecule has 3 aromatic carbocycles. The van der Waals surface area contributed by atoms with Crippen LogP contribution in [0.1, 0.15) is 30.4 Å². The van der Waals surface area contributed by atoms with Crippen LogP contribution in [0, 0.1) is 11.6 Å². The first-order valence-electron chi connectivity index (χ1n) is 15.7. The Morgan fingerprint density at radius 2 is 1.52 bits per heavy atom. The summed E-state index contributed by atoms with van der Waals surface area (Å²) < 4.78 is 41.0. The molecular formula is C35H34BrF2N3O7. The number of piperazine rings is 1. The van der Waals surface area contributed by atoms with Gasteiger partial charge in [0.1, 0.15) is 24.7 Å². The van der Waals surface area contributed by atoms with Crippen LogP contribution in [-0.4, -0.2) is 94.0 Å². The van der Waals surface area contributed by atoms with E-state index in [2.05, 4.69) is 15.9 Å². The highest BCUT2D eigenvalue weighted by Crippen LogP contribution is 2.41. The predicted octanol–water partition coefficient (Wildman–Crippen LogP) is 6.29. The number of halogens is 3. The third-order valence-corrected chi connectivity index (χ3v) is 9.44. The summed E-state index contributed by atoms with van der Waals surface area (Å²) in [5.74, 6) is -1.09. The maximum atomic E-state index is 14.5. The van der Waals surface area contributed by atoms with E-state index in [4.69, 9.17) is 9.47 Å². The van der Waals surface area contributed by atoms with Gasteiger partial charge in [-0.25, -0.2) is 18.4 Å². The fourth-order valence-electron chi connectivity index (χ4n) is 6.47. The third-order valence-electron chi connectivity index (χ3n) is 8.91. The zero-order valence-corrected chi connectivity index (χ0v) is 27.4. The van der Waals surface area contributed by atoms with Gasteiger partial charge in [0.25, 0.3) is 5.91 Å². The summed E-state index contributed by atoms with van der Waals surface area (Å²) >= 11 is 3.39. The van der Waals surface area contributed by atoms with Crippen molar-refractivity contribution in [3.63, 3.8) is 0 Å². The number of rotatable bonds is 11. The molecule has 2 N–H and O–H groups in total. The minimum atomic E-state index is -1.24. The average Bonchev–Trinajstić information content (AvgIpc) is 3.91. The molecule has 0 spiro atoms. The highest BCUT2D eigenvalue weighted by atomic mass is 79.9. The molecule has 6 rings (SSSR count). The number of carboxylic acid groups (broad SMARTS) is 2. The molecule has 48 heavy (non-hydrogen) atoms. The Bertz CT molecular complexity index is 1720. The Labute approximate surface area is 284 Å². The molecule has 0 aromatic heterocycles. The molecule has 1 aliphatic carbocycles. The first kappa shape index (κ1) is 33.3. The molecule has 2 heterocycles. The van der Waals surface area contributed by atoms with Crippen molar-refractivity contribution in [2.24, 2.45) is 0 Å². The summed E-state index contributed by atoms with van der Waals surface area (Å²) in [5.41, 5.74) is 1.65. The van der Waals surface area contributed by atoms with Crippen molar-refractivity contribution in [3.8, 4) is 11.5 Å². The number of carbonyl (C=O) groups is 3. The van der Waals surface area contributed by atoms with Gasteiger partial charge in [-0.05, 0) is 84.8 Å². The van der Waals surface area contributed by atoms with E-state index in [0.29, 0.717) is 29.2 Å². The van der Waals surface area contributed by atoms with Crippen molar-refractivity contribution < 1.29 is 42.9 Å². The fourth-order valence-corrected chi connectivity index (χ4v) is 6.74. The molecule has 0 radical (unpaired) electrons. The Hall–Kier alpha value is -4.65. The summed E-state index contributed by atoms with van der Waals surface area (Å²) in [7, 11) is 0. The first-order valence-corrected chi connectivity index (χ1v) is 16.5. The van der Waals surface area contributed by atoms with Gasteiger partial charge in [-0.15, -0.1) is 0 Å². The lowest BCUT2D eigenvalue weighted by molar-refractivity contribution is -0.128. The van der Waals surface area contributed by atoms with Crippen molar-refractivity contribution in [3.05, 3.63) is 99.5 Å². The topological polar surface area (TPSA) is 120 Å². The van der Waals surface area contributed by atoms with Gasteiger partial charge >= 0.3 is 12.2 Å². The van der Waals surface area contributed by atoms with Crippen molar-refractivity contribution >= 4 is 39.6 Å². The highest BCUT2D eigenvalue weighted by molar-refractivity contribution is 9.10. The molecule has 1 saturated heterocycles. The van der Waals surface area contributed by atoms with Crippen LogP contribution >= 0.6 is 15.9 Å². The van der Waals surface area contributed by atoms with Crippen LogP contribution in [0.4, 0.5) is 18.4 Å². The van der Waals surface area contributed by atoms with Gasteiger partial charge in [0.15, 0.2) is 11.6 Å². The molecular weight excluding hydrogens is 692 g/mol. The van der Waals surface area contributed by atoms with E-state index in [9.17, 15) is 33.4 Å². The number of amides is 3. The minimum absolute atomic E-state index is 0.0339. The molecule has 13 heteroatoms. The van der Waals surface area contributed by atoms with Crippen molar-refractivity contribution in [1.29, 1.82) is 0 Å². The summed E-state index contributed by atoms with van der Waals surface area (Å²) in [5, 5.41) is 20.1. The van der Waals surface area contributed by atoms with Crippen LogP contribution in [0.3, 0.4) is 0 Å². The predicted molar refractivity (Wildman–Crippen MR) is 175 cm³/mol. The van der Waals surface area contributed by atoms with Gasteiger partial charge < -0.3 is 29.5 Å². The first-order chi connectivity index (χ1) is 23.1. The summed E-state index contributed by atoms with van der Waals surface area (Å²) in [6.45, 7) is 0.444. The largest absolute Gasteiger partial charge is 0.490 e. The van der Waals surface area contributed by atoms with Crippen LogP contribution < -0.4 is 9.47 Å². The number of fused-ring (bicyclic) bond motifs is 2. The van der Waals surface area contributed by atoms with Gasteiger partial charge in [-0.1, -0.05) is 40.2 Å². The number of carbonyl (C=O) groups excluding carboxylic acids is 1. The standard InChI is InChI=1S/C35H34BrF2N3O7/c36-23-6-12-27(13-7-23)48-17-16-47-26-10-4-21(5-11-26)28-18-25-19-39(34(43)44)20-30(41(25)35(45)46)31(28)33(42)40(24-8-9-24)15-14-22-2-1-3-29(37)32(22)38/h1-7,10-13,24-25,30H,8-9,14-20H2,(H,43,44)(H,45,46). The lowest BCUT2D eigenvalue weighted by atomic mass is 9.81. The molecule has 3 aromatic rings. The number of nitrogens with zero attached hydrogens (tertiary/aromatic N) is 3. The number of benzene rings is 3. The maximum Gasteiger partial charge on any atom is 0.408 e. The Morgan fingerprint density at radius 1 is 0.875 bits per heavy atom. The van der Waals surface area contributed by atoms with E-state index in [1.165, 1.54) is 17.0 Å². The SMILES string of the molecule is O=C(O)N1CC2CC(c3ccc(OCCOc4ccc(Br)cc4)cc3)=C(C(=O)N(CCc3cccc(F)c3F)C3CC3)C(C1)N2C(=O)O. The fraction of sp³-hybridized carbons (Fsp3) is 0.343. The molecule has 2 fully saturated rings. The van der Waals surface area contributed by atoms with Gasteiger partial charge in [0.2, 0.25) is 0 Å². The Kier molecular flexibility index (Phi) is 9.86. The molecule has 3 amide bonds. The summed E-state index contributed by atoms with van der Waals surface area (Å²) in [6, 6.07) is 16.6. The maximum absolute atomic E-state index is 14.5.